The number of allylic oxidation sites excluding steroid dienone is 1. The molecular weight excluding hydrogens is 450 g/mol. The van der Waals surface area contributed by atoms with Gasteiger partial charge in [-0.05, 0) is 69.4 Å². The number of aryl methyl sites for hydroxylation is 1. The molecule has 1 fully saturated rings. The zero-order valence-electron chi connectivity index (χ0n) is 21.8. The van der Waals surface area contributed by atoms with Crippen LogP contribution in [0, 0.1) is 5.92 Å². The van der Waals surface area contributed by atoms with E-state index in [-0.39, 0.29) is 17.9 Å². The second-order valence-corrected chi connectivity index (χ2v) is 9.64. The Hall–Kier alpha value is -3.28. The fraction of sp³-hybridized carbons (Fsp3) is 0.467. The van der Waals surface area contributed by atoms with Crippen LogP contribution in [0.3, 0.4) is 0 Å². The standard InChI is InChI=1S/C30H39N3O3/c1-4-12-23-17-18-27(28(21-23)35-3)36-20-11-10-19-33-26-16-9-8-15-25(26)32-29(33)22(2)31-30(34)24-13-6-5-7-14-24/h4,8-9,12,15-18,21-22,24H,5-7,10-11,13-14,19-20H2,1-3H3,(H,31,34)/b12-4+. The first-order valence-electron chi connectivity index (χ1n) is 13.3. The average Bonchev–Trinajstić information content (AvgIpc) is 3.28. The molecule has 36 heavy (non-hydrogen) atoms. The molecule has 1 aliphatic carbocycles. The SMILES string of the molecule is C/C=C/c1ccc(OCCCCn2c(C(C)NC(=O)C3CCCCC3)nc3ccccc32)c(OC)c1. The topological polar surface area (TPSA) is 65.4 Å². The summed E-state index contributed by atoms with van der Waals surface area (Å²) in [7, 11) is 1.67. The van der Waals surface area contributed by atoms with Gasteiger partial charge >= 0.3 is 0 Å². The number of rotatable bonds is 11. The van der Waals surface area contributed by atoms with E-state index in [0.717, 1.165) is 79.0 Å². The molecule has 1 atom stereocenters. The van der Waals surface area contributed by atoms with E-state index < -0.39 is 0 Å². The second kappa shape index (κ2) is 12.6. The maximum absolute atomic E-state index is 12.9. The lowest BCUT2D eigenvalue weighted by atomic mass is 9.88. The highest BCUT2D eigenvalue weighted by atomic mass is 16.5. The molecule has 192 valence electrons. The Labute approximate surface area is 214 Å². The predicted octanol–water partition coefficient (Wildman–Crippen LogP) is 6.69. The zero-order chi connectivity index (χ0) is 25.3. The summed E-state index contributed by atoms with van der Waals surface area (Å²) < 4.78 is 13.8. The normalized spacial score (nSPS) is 15.3. The van der Waals surface area contributed by atoms with Gasteiger partial charge in [-0.2, -0.15) is 0 Å². The van der Waals surface area contributed by atoms with Crippen molar-refractivity contribution in [2.45, 2.75) is 71.4 Å². The molecule has 1 unspecified atom stereocenters. The zero-order valence-corrected chi connectivity index (χ0v) is 21.8. The van der Waals surface area contributed by atoms with Crippen LogP contribution >= 0.6 is 0 Å². The van der Waals surface area contributed by atoms with E-state index >= 15 is 0 Å². The highest BCUT2D eigenvalue weighted by Gasteiger charge is 2.24. The number of amides is 1. The number of imidazole rings is 1. The summed E-state index contributed by atoms with van der Waals surface area (Å²) in [5.74, 6) is 2.74. The van der Waals surface area contributed by atoms with Crippen LogP contribution in [0.25, 0.3) is 17.1 Å². The highest BCUT2D eigenvalue weighted by molar-refractivity contribution is 5.80. The van der Waals surface area contributed by atoms with Crippen molar-refractivity contribution in [1.82, 2.24) is 14.9 Å². The van der Waals surface area contributed by atoms with Crippen molar-refractivity contribution >= 4 is 23.0 Å². The Balaban J connectivity index is 1.37. The van der Waals surface area contributed by atoms with Crippen molar-refractivity contribution in [2.24, 2.45) is 5.92 Å². The third-order valence-electron chi connectivity index (χ3n) is 6.99. The Bertz CT molecular complexity index is 1180. The lowest BCUT2D eigenvalue weighted by molar-refractivity contribution is -0.126. The molecule has 6 nitrogen and oxygen atoms in total. The van der Waals surface area contributed by atoms with E-state index in [2.05, 4.69) is 16.0 Å². The third kappa shape index (κ3) is 6.28. The summed E-state index contributed by atoms with van der Waals surface area (Å²) in [5.41, 5.74) is 3.16. The summed E-state index contributed by atoms with van der Waals surface area (Å²) in [6.45, 7) is 5.47. The van der Waals surface area contributed by atoms with E-state index in [4.69, 9.17) is 14.5 Å². The number of nitrogens with one attached hydrogen (secondary N) is 1. The first-order valence-corrected chi connectivity index (χ1v) is 13.3. The van der Waals surface area contributed by atoms with Crippen LogP contribution in [0.15, 0.2) is 48.5 Å². The number of aromatic nitrogens is 2. The first-order chi connectivity index (χ1) is 17.6. The molecule has 1 heterocycles. The van der Waals surface area contributed by atoms with Gasteiger partial charge in [0, 0.05) is 12.5 Å². The smallest absolute Gasteiger partial charge is 0.223 e. The molecule has 4 rings (SSSR count). The molecule has 1 N–H and O–H groups in total. The summed E-state index contributed by atoms with van der Waals surface area (Å²) >= 11 is 0. The molecule has 6 heteroatoms. The van der Waals surface area contributed by atoms with Crippen LogP contribution in [-0.2, 0) is 11.3 Å². The molecule has 0 radical (unpaired) electrons. The molecule has 0 bridgehead atoms. The number of unbranched alkanes of at least 4 members (excludes halogenated alkanes) is 1. The van der Waals surface area contributed by atoms with E-state index in [0.29, 0.717) is 6.61 Å². The number of para-hydroxylation sites is 2. The van der Waals surface area contributed by atoms with Gasteiger partial charge in [-0.3, -0.25) is 4.79 Å². The minimum Gasteiger partial charge on any atom is -0.493 e. The summed E-state index contributed by atoms with van der Waals surface area (Å²) in [4.78, 5) is 17.8. The first kappa shape index (κ1) is 25.8. The quantitative estimate of drug-likeness (QED) is 0.305. The molecule has 2 aromatic carbocycles. The number of hydrogen-bond donors (Lipinski definition) is 1. The van der Waals surface area contributed by atoms with E-state index in [1.165, 1.54) is 6.42 Å². The van der Waals surface area contributed by atoms with Gasteiger partial charge in [0.25, 0.3) is 0 Å². The number of benzene rings is 2. The third-order valence-corrected chi connectivity index (χ3v) is 6.99. The molecule has 0 aliphatic heterocycles. The van der Waals surface area contributed by atoms with Gasteiger partial charge in [0.05, 0.1) is 30.8 Å². The van der Waals surface area contributed by atoms with Crippen molar-refractivity contribution in [3.8, 4) is 11.5 Å². The fourth-order valence-corrected chi connectivity index (χ4v) is 5.07. The van der Waals surface area contributed by atoms with Gasteiger partial charge in [0.15, 0.2) is 11.5 Å². The van der Waals surface area contributed by atoms with Crippen molar-refractivity contribution in [3.05, 3.63) is 59.9 Å². The lowest BCUT2D eigenvalue weighted by Gasteiger charge is -2.23. The van der Waals surface area contributed by atoms with Crippen molar-refractivity contribution < 1.29 is 14.3 Å². The van der Waals surface area contributed by atoms with Crippen LogP contribution in [0.1, 0.15) is 76.2 Å². The molecule has 1 saturated carbocycles. The number of carbonyl (C=O) groups excluding carboxylic acids is 1. The number of methoxy groups -OCH3 is 1. The number of hydrogen-bond acceptors (Lipinski definition) is 4. The van der Waals surface area contributed by atoms with Crippen LogP contribution < -0.4 is 14.8 Å². The molecular formula is C30H39N3O3. The van der Waals surface area contributed by atoms with Crippen molar-refractivity contribution in [1.29, 1.82) is 0 Å². The summed E-state index contributed by atoms with van der Waals surface area (Å²) in [5, 5.41) is 3.25. The molecule has 1 aromatic heterocycles. The van der Waals surface area contributed by atoms with E-state index in [1.807, 2.05) is 62.4 Å². The molecule has 3 aromatic rings. The van der Waals surface area contributed by atoms with Crippen LogP contribution in [0.5, 0.6) is 11.5 Å². The van der Waals surface area contributed by atoms with Crippen molar-refractivity contribution in [3.63, 3.8) is 0 Å². The van der Waals surface area contributed by atoms with Gasteiger partial charge in [-0.25, -0.2) is 4.98 Å². The predicted molar refractivity (Wildman–Crippen MR) is 145 cm³/mol. The fourth-order valence-electron chi connectivity index (χ4n) is 5.07. The molecule has 0 spiro atoms. The van der Waals surface area contributed by atoms with Gasteiger partial charge in [-0.1, -0.05) is 49.6 Å². The van der Waals surface area contributed by atoms with E-state index in [1.54, 1.807) is 7.11 Å². The van der Waals surface area contributed by atoms with E-state index in [9.17, 15) is 4.79 Å². The second-order valence-electron chi connectivity index (χ2n) is 9.64. The largest absolute Gasteiger partial charge is 0.493 e. The summed E-state index contributed by atoms with van der Waals surface area (Å²) in [6.07, 6.45) is 11.4. The average molecular weight is 490 g/mol. The van der Waals surface area contributed by atoms with Gasteiger partial charge in [0.1, 0.15) is 5.82 Å². The maximum Gasteiger partial charge on any atom is 0.223 e. The number of ether oxygens (including phenoxy) is 2. The Morgan fingerprint density at radius 3 is 2.72 bits per heavy atom. The monoisotopic (exact) mass is 489 g/mol. The molecule has 0 saturated heterocycles. The lowest BCUT2D eigenvalue weighted by Crippen LogP contribution is -2.35. The Morgan fingerprint density at radius 2 is 1.94 bits per heavy atom. The number of carbonyl (C=O) groups is 1. The van der Waals surface area contributed by atoms with Crippen LogP contribution in [0.2, 0.25) is 0 Å². The number of nitrogens with zero attached hydrogens (tertiary/aromatic N) is 2. The number of fused-ring (bicyclic) bond motifs is 1. The van der Waals surface area contributed by atoms with Crippen LogP contribution in [0.4, 0.5) is 0 Å². The maximum atomic E-state index is 12.9. The minimum absolute atomic E-state index is 0.136. The minimum atomic E-state index is -0.136. The molecule has 1 aliphatic rings. The summed E-state index contributed by atoms with van der Waals surface area (Å²) in [6, 6.07) is 14.1. The van der Waals surface area contributed by atoms with Gasteiger partial charge in [-0.15, -0.1) is 0 Å². The molecule has 1 amide bonds. The highest BCUT2D eigenvalue weighted by Crippen LogP contribution is 2.29. The Kier molecular flexibility index (Phi) is 9.04. The Morgan fingerprint density at radius 1 is 1.14 bits per heavy atom. The van der Waals surface area contributed by atoms with Gasteiger partial charge in [0.2, 0.25) is 5.91 Å². The van der Waals surface area contributed by atoms with Crippen molar-refractivity contribution in [2.75, 3.05) is 13.7 Å². The van der Waals surface area contributed by atoms with Crippen LogP contribution in [-0.4, -0.2) is 29.2 Å². The van der Waals surface area contributed by atoms with Gasteiger partial charge < -0.3 is 19.4 Å².